The van der Waals surface area contributed by atoms with Gasteiger partial charge in [0, 0.05) is 42.5 Å². The number of fused-ring (bicyclic) bond motifs is 1. The molecule has 2 aromatic heterocycles. The number of hydrogen-bond acceptors (Lipinski definition) is 5. The van der Waals surface area contributed by atoms with Crippen LogP contribution in [0, 0.1) is 0 Å². The number of piperazine rings is 1. The van der Waals surface area contributed by atoms with Gasteiger partial charge < -0.3 is 9.80 Å². The minimum Gasteiger partial charge on any atom is -0.352 e. The van der Waals surface area contributed by atoms with Crippen LogP contribution in [0.15, 0.2) is 47.9 Å². The number of thiophene rings is 1. The minimum atomic E-state index is 0.105. The molecule has 128 valence electrons. The highest BCUT2D eigenvalue weighted by molar-refractivity contribution is 7.13. The van der Waals surface area contributed by atoms with E-state index in [1.807, 2.05) is 29.3 Å². The number of benzene rings is 1. The van der Waals surface area contributed by atoms with E-state index in [0.29, 0.717) is 0 Å². The van der Waals surface area contributed by atoms with E-state index in [4.69, 9.17) is 0 Å². The maximum atomic E-state index is 12.5. The highest BCUT2D eigenvalue weighted by Crippen LogP contribution is 2.30. The standard InChI is InChI=1S/C19H19N3OS2/c1-14(16-7-4-12-24-16)13-18(23)21-8-10-22(11-9-21)19-15-5-2-3-6-17(15)25-20-19/h2-7,12-13H,8-11H2,1H3. The fourth-order valence-electron chi connectivity index (χ4n) is 3.09. The third-order valence-corrected chi connectivity index (χ3v) is 6.32. The lowest BCUT2D eigenvalue weighted by atomic mass is 10.2. The molecule has 1 aromatic carbocycles. The van der Waals surface area contributed by atoms with Gasteiger partial charge in [-0.1, -0.05) is 18.2 Å². The molecule has 1 aliphatic rings. The molecule has 0 radical (unpaired) electrons. The lowest BCUT2D eigenvalue weighted by molar-refractivity contribution is -0.126. The average molecular weight is 370 g/mol. The Hall–Kier alpha value is -2.18. The van der Waals surface area contributed by atoms with Crippen LogP contribution in [0.2, 0.25) is 0 Å². The monoisotopic (exact) mass is 369 g/mol. The number of anilines is 1. The first-order chi connectivity index (χ1) is 12.2. The fraction of sp³-hybridized carbons (Fsp3) is 0.263. The molecular weight excluding hydrogens is 350 g/mol. The van der Waals surface area contributed by atoms with Crippen LogP contribution in [0.4, 0.5) is 5.82 Å². The highest BCUT2D eigenvalue weighted by atomic mass is 32.1. The molecule has 0 N–H and O–H groups in total. The van der Waals surface area contributed by atoms with Gasteiger partial charge in [-0.05, 0) is 47.6 Å². The maximum absolute atomic E-state index is 12.5. The van der Waals surface area contributed by atoms with E-state index in [9.17, 15) is 4.79 Å². The summed E-state index contributed by atoms with van der Waals surface area (Å²) < 4.78 is 5.84. The van der Waals surface area contributed by atoms with Gasteiger partial charge in [0.25, 0.3) is 0 Å². The molecule has 0 bridgehead atoms. The van der Waals surface area contributed by atoms with Crippen molar-refractivity contribution in [2.75, 3.05) is 31.1 Å². The summed E-state index contributed by atoms with van der Waals surface area (Å²) in [5, 5.41) is 3.24. The third kappa shape index (κ3) is 3.32. The molecule has 0 saturated carbocycles. The molecule has 6 heteroatoms. The Balaban J connectivity index is 1.43. The van der Waals surface area contributed by atoms with Gasteiger partial charge in [0.15, 0.2) is 0 Å². The Morgan fingerprint density at radius 3 is 2.68 bits per heavy atom. The first kappa shape index (κ1) is 16.3. The molecule has 3 aromatic rings. The molecule has 1 saturated heterocycles. The maximum Gasteiger partial charge on any atom is 0.246 e. The van der Waals surface area contributed by atoms with Crippen molar-refractivity contribution in [3.8, 4) is 0 Å². The quantitative estimate of drug-likeness (QED) is 0.652. The van der Waals surface area contributed by atoms with Gasteiger partial charge in [-0.25, -0.2) is 0 Å². The normalized spacial score (nSPS) is 15.8. The number of hydrogen-bond donors (Lipinski definition) is 0. The van der Waals surface area contributed by atoms with Gasteiger partial charge in [0.05, 0.1) is 4.70 Å². The SMILES string of the molecule is CC(=CC(=O)N1CCN(c2nsc3ccccc23)CC1)c1cccs1. The minimum absolute atomic E-state index is 0.105. The number of carbonyl (C=O) groups excluding carboxylic acids is 1. The number of amides is 1. The molecule has 0 aliphatic carbocycles. The van der Waals surface area contributed by atoms with Crippen molar-refractivity contribution in [1.82, 2.24) is 9.27 Å². The van der Waals surface area contributed by atoms with E-state index in [0.717, 1.165) is 42.4 Å². The summed E-state index contributed by atoms with van der Waals surface area (Å²) in [5.41, 5.74) is 1.04. The lowest BCUT2D eigenvalue weighted by Crippen LogP contribution is -2.48. The van der Waals surface area contributed by atoms with Crippen molar-refractivity contribution >= 4 is 50.3 Å². The van der Waals surface area contributed by atoms with Crippen molar-refractivity contribution in [1.29, 1.82) is 0 Å². The van der Waals surface area contributed by atoms with Gasteiger partial charge in [0.2, 0.25) is 5.91 Å². The Bertz CT molecular complexity index is 906. The van der Waals surface area contributed by atoms with E-state index in [-0.39, 0.29) is 5.91 Å². The molecule has 3 heterocycles. The highest BCUT2D eigenvalue weighted by Gasteiger charge is 2.22. The van der Waals surface area contributed by atoms with Crippen LogP contribution in [0.5, 0.6) is 0 Å². The smallest absolute Gasteiger partial charge is 0.246 e. The van der Waals surface area contributed by atoms with Crippen LogP contribution < -0.4 is 4.90 Å². The van der Waals surface area contributed by atoms with E-state index < -0.39 is 0 Å². The largest absolute Gasteiger partial charge is 0.352 e. The summed E-state index contributed by atoms with van der Waals surface area (Å²) in [7, 11) is 0. The Morgan fingerprint density at radius 2 is 1.92 bits per heavy atom. The number of nitrogens with zero attached hydrogens (tertiary/aromatic N) is 3. The second kappa shape index (κ2) is 6.98. The summed E-state index contributed by atoms with van der Waals surface area (Å²) in [6.07, 6.45) is 1.76. The Kier molecular flexibility index (Phi) is 4.55. The third-order valence-electron chi connectivity index (χ3n) is 4.50. The van der Waals surface area contributed by atoms with E-state index in [1.54, 1.807) is 28.9 Å². The summed E-state index contributed by atoms with van der Waals surface area (Å²) in [4.78, 5) is 17.9. The number of carbonyl (C=O) groups is 1. The van der Waals surface area contributed by atoms with Crippen LogP contribution in [0.1, 0.15) is 11.8 Å². The number of allylic oxidation sites excluding steroid dienone is 1. The summed E-state index contributed by atoms with van der Waals surface area (Å²) in [6.45, 7) is 5.12. The molecule has 1 amide bonds. The van der Waals surface area contributed by atoms with Crippen molar-refractivity contribution in [3.63, 3.8) is 0 Å². The number of rotatable bonds is 3. The predicted molar refractivity (Wildman–Crippen MR) is 106 cm³/mol. The average Bonchev–Trinajstić information content (AvgIpc) is 3.32. The lowest BCUT2D eigenvalue weighted by Gasteiger charge is -2.34. The van der Waals surface area contributed by atoms with Gasteiger partial charge in [-0.15, -0.1) is 11.3 Å². The van der Waals surface area contributed by atoms with E-state index in [1.165, 1.54) is 10.1 Å². The van der Waals surface area contributed by atoms with Crippen LogP contribution in [-0.4, -0.2) is 41.4 Å². The summed E-state index contributed by atoms with van der Waals surface area (Å²) in [5.74, 6) is 1.16. The summed E-state index contributed by atoms with van der Waals surface area (Å²) in [6, 6.07) is 12.4. The molecular formula is C19H19N3OS2. The summed E-state index contributed by atoms with van der Waals surface area (Å²) >= 11 is 3.21. The van der Waals surface area contributed by atoms with E-state index in [2.05, 4.69) is 33.5 Å². The van der Waals surface area contributed by atoms with E-state index >= 15 is 0 Å². The predicted octanol–water partition coefficient (Wildman–Crippen LogP) is 4.11. The molecule has 4 nitrogen and oxygen atoms in total. The Labute approximate surface area is 155 Å². The zero-order chi connectivity index (χ0) is 17.2. The van der Waals surface area contributed by atoms with Crippen LogP contribution in [-0.2, 0) is 4.79 Å². The first-order valence-corrected chi connectivity index (χ1v) is 9.98. The van der Waals surface area contributed by atoms with Crippen LogP contribution in [0.3, 0.4) is 0 Å². The molecule has 0 spiro atoms. The van der Waals surface area contributed by atoms with Crippen LogP contribution in [0.25, 0.3) is 15.7 Å². The zero-order valence-electron chi connectivity index (χ0n) is 14.0. The van der Waals surface area contributed by atoms with Gasteiger partial charge in [-0.3, -0.25) is 4.79 Å². The van der Waals surface area contributed by atoms with Gasteiger partial charge >= 0.3 is 0 Å². The molecule has 0 atom stereocenters. The molecule has 1 aliphatic heterocycles. The Morgan fingerprint density at radius 1 is 1.12 bits per heavy atom. The molecule has 1 fully saturated rings. The number of aromatic nitrogens is 1. The molecule has 4 rings (SSSR count). The van der Waals surface area contributed by atoms with Crippen LogP contribution >= 0.6 is 22.9 Å². The van der Waals surface area contributed by atoms with Gasteiger partial charge in [0.1, 0.15) is 5.82 Å². The second-order valence-corrected chi connectivity index (χ2v) is 7.87. The second-order valence-electron chi connectivity index (χ2n) is 6.12. The first-order valence-electron chi connectivity index (χ1n) is 8.33. The fourth-order valence-corrected chi connectivity index (χ4v) is 4.59. The van der Waals surface area contributed by atoms with Gasteiger partial charge in [-0.2, -0.15) is 4.37 Å². The van der Waals surface area contributed by atoms with Crippen molar-refractivity contribution < 1.29 is 4.79 Å². The molecule has 25 heavy (non-hydrogen) atoms. The van der Waals surface area contributed by atoms with Crippen molar-refractivity contribution in [2.45, 2.75) is 6.92 Å². The molecule has 0 unspecified atom stereocenters. The van der Waals surface area contributed by atoms with Crippen molar-refractivity contribution in [3.05, 3.63) is 52.7 Å². The zero-order valence-corrected chi connectivity index (χ0v) is 15.6. The van der Waals surface area contributed by atoms with Crippen molar-refractivity contribution in [2.24, 2.45) is 0 Å². The topological polar surface area (TPSA) is 36.4 Å².